The summed E-state index contributed by atoms with van der Waals surface area (Å²) < 4.78 is 6.10. The molecule has 0 aliphatic carbocycles. The number of pyridine rings is 1. The van der Waals surface area contributed by atoms with Crippen LogP contribution in [-0.4, -0.2) is 64.0 Å². The molecule has 1 fully saturated rings. The minimum Gasteiger partial charge on any atom is -0.491 e. The maximum absolute atomic E-state index is 11.0. The Hall–Kier alpha value is -2.61. The summed E-state index contributed by atoms with van der Waals surface area (Å²) in [5.74, 6) is 1.45. The molecular weight excluding hydrogens is 368 g/mol. The van der Waals surface area contributed by atoms with E-state index in [0.717, 1.165) is 46.6 Å². The van der Waals surface area contributed by atoms with E-state index in [-0.39, 0.29) is 12.6 Å². The lowest BCUT2D eigenvalue weighted by atomic mass is 9.94. The number of anilines is 1. The number of ether oxygens (including phenoxy) is 1. The van der Waals surface area contributed by atoms with Crippen molar-refractivity contribution in [3.8, 4) is 16.9 Å². The van der Waals surface area contributed by atoms with Crippen molar-refractivity contribution in [2.75, 3.05) is 38.2 Å². The number of hydrogen-bond donors (Lipinski definition) is 4. The van der Waals surface area contributed by atoms with Crippen LogP contribution in [-0.2, 0) is 0 Å². The van der Waals surface area contributed by atoms with E-state index in [1.807, 2.05) is 36.5 Å². The van der Waals surface area contributed by atoms with Crippen LogP contribution in [0.3, 0.4) is 0 Å². The third-order valence-electron chi connectivity index (χ3n) is 5.97. The van der Waals surface area contributed by atoms with Gasteiger partial charge in [-0.25, -0.2) is 4.98 Å². The number of fused-ring (bicyclic) bond motifs is 2. The van der Waals surface area contributed by atoms with Gasteiger partial charge in [-0.05, 0) is 55.3 Å². The van der Waals surface area contributed by atoms with Gasteiger partial charge >= 0.3 is 0 Å². The highest BCUT2D eigenvalue weighted by Gasteiger charge is 2.35. The summed E-state index contributed by atoms with van der Waals surface area (Å²) >= 11 is 0. The third-order valence-corrected chi connectivity index (χ3v) is 5.97. The van der Waals surface area contributed by atoms with E-state index in [0.29, 0.717) is 19.0 Å². The van der Waals surface area contributed by atoms with Gasteiger partial charge in [-0.1, -0.05) is 12.1 Å². The zero-order valence-corrected chi connectivity index (χ0v) is 16.3. The lowest BCUT2D eigenvalue weighted by Crippen LogP contribution is -2.44. The molecule has 2 aliphatic heterocycles. The average Bonchev–Trinajstić information content (AvgIpc) is 3.43. The van der Waals surface area contributed by atoms with Gasteiger partial charge < -0.3 is 25.3 Å². The van der Waals surface area contributed by atoms with E-state index in [1.165, 1.54) is 12.8 Å². The molecule has 2 aliphatic rings. The van der Waals surface area contributed by atoms with Gasteiger partial charge in [-0.3, -0.25) is 4.90 Å². The summed E-state index contributed by atoms with van der Waals surface area (Å²) in [6.45, 7) is 3.06. The Morgan fingerprint density at radius 3 is 2.90 bits per heavy atom. The van der Waals surface area contributed by atoms with Crippen LogP contribution in [0, 0.1) is 0 Å². The van der Waals surface area contributed by atoms with Crippen molar-refractivity contribution in [2.45, 2.75) is 25.0 Å². The normalized spacial score (nSPS) is 21.9. The van der Waals surface area contributed by atoms with Crippen molar-refractivity contribution in [1.29, 1.82) is 0 Å². The highest BCUT2D eigenvalue weighted by atomic mass is 16.5. The Balaban J connectivity index is 1.50. The first-order chi connectivity index (χ1) is 14.2. The zero-order valence-electron chi connectivity index (χ0n) is 16.3. The smallest absolute Gasteiger partial charge is 0.140 e. The number of rotatable bonds is 5. The fourth-order valence-corrected chi connectivity index (χ4v) is 4.47. The molecule has 7 heteroatoms. The van der Waals surface area contributed by atoms with Crippen LogP contribution in [0.4, 0.5) is 5.82 Å². The molecule has 0 saturated carbocycles. The number of nitrogens with one attached hydrogen (secondary N) is 2. The summed E-state index contributed by atoms with van der Waals surface area (Å²) in [6.07, 6.45) is 3.72. The van der Waals surface area contributed by atoms with Crippen molar-refractivity contribution in [3.63, 3.8) is 0 Å². The van der Waals surface area contributed by atoms with E-state index in [9.17, 15) is 5.11 Å². The molecule has 2 atom stereocenters. The van der Waals surface area contributed by atoms with Gasteiger partial charge in [0.15, 0.2) is 0 Å². The Kier molecular flexibility index (Phi) is 4.87. The average molecular weight is 394 g/mol. The SMILES string of the molecule is OCCNc1cc(-c2ccc3c(c2)OC[C@@H](N2CCCC2)[C@@H]3O)c2cc[nH]c2n1. The van der Waals surface area contributed by atoms with E-state index in [2.05, 4.69) is 20.2 Å². The Labute approximate surface area is 169 Å². The number of aromatic amines is 1. The van der Waals surface area contributed by atoms with Crippen LogP contribution < -0.4 is 10.1 Å². The van der Waals surface area contributed by atoms with Crippen LogP contribution in [0.15, 0.2) is 36.5 Å². The summed E-state index contributed by atoms with van der Waals surface area (Å²) in [4.78, 5) is 10.1. The van der Waals surface area contributed by atoms with Crippen molar-refractivity contribution < 1.29 is 14.9 Å². The molecule has 0 spiro atoms. The Bertz CT molecular complexity index is 1010. The van der Waals surface area contributed by atoms with Crippen LogP contribution in [0.5, 0.6) is 5.75 Å². The molecule has 7 nitrogen and oxygen atoms in total. The van der Waals surface area contributed by atoms with Gasteiger partial charge in [0, 0.05) is 23.7 Å². The van der Waals surface area contributed by atoms with E-state index < -0.39 is 6.10 Å². The van der Waals surface area contributed by atoms with Crippen LogP contribution in [0.2, 0.25) is 0 Å². The highest BCUT2D eigenvalue weighted by molar-refractivity contribution is 5.95. The molecule has 0 radical (unpaired) electrons. The molecule has 152 valence electrons. The molecule has 1 aromatic carbocycles. The first-order valence-electron chi connectivity index (χ1n) is 10.3. The first kappa shape index (κ1) is 18.4. The molecule has 3 aromatic rings. The molecule has 4 N–H and O–H groups in total. The van der Waals surface area contributed by atoms with Gasteiger partial charge in [0.2, 0.25) is 0 Å². The summed E-state index contributed by atoms with van der Waals surface area (Å²) in [6, 6.07) is 10.1. The number of nitrogens with zero attached hydrogens (tertiary/aromatic N) is 2. The molecule has 2 aromatic heterocycles. The van der Waals surface area contributed by atoms with Crippen molar-refractivity contribution in [1.82, 2.24) is 14.9 Å². The number of H-pyrrole nitrogens is 1. The molecule has 4 heterocycles. The monoisotopic (exact) mass is 394 g/mol. The summed E-state index contributed by atoms with van der Waals surface area (Å²) in [7, 11) is 0. The third kappa shape index (κ3) is 3.35. The number of aromatic nitrogens is 2. The summed E-state index contributed by atoms with van der Waals surface area (Å²) in [5.41, 5.74) is 3.68. The topological polar surface area (TPSA) is 93.6 Å². The molecular formula is C22H26N4O3. The molecule has 0 amide bonds. The first-order valence-corrected chi connectivity index (χ1v) is 10.3. The number of likely N-dealkylation sites (tertiary alicyclic amines) is 1. The molecule has 29 heavy (non-hydrogen) atoms. The Morgan fingerprint density at radius 2 is 2.07 bits per heavy atom. The van der Waals surface area contributed by atoms with Crippen molar-refractivity contribution in [2.24, 2.45) is 0 Å². The van der Waals surface area contributed by atoms with Gasteiger partial charge in [0.05, 0.1) is 12.6 Å². The van der Waals surface area contributed by atoms with Gasteiger partial charge in [-0.2, -0.15) is 0 Å². The maximum atomic E-state index is 11.0. The molecule has 0 unspecified atom stereocenters. The number of aliphatic hydroxyl groups excluding tert-OH is 2. The van der Waals surface area contributed by atoms with Gasteiger partial charge in [0.1, 0.15) is 29.9 Å². The van der Waals surface area contributed by atoms with Gasteiger partial charge in [-0.15, -0.1) is 0 Å². The quantitative estimate of drug-likeness (QED) is 0.531. The summed E-state index contributed by atoms with van der Waals surface area (Å²) in [5, 5.41) is 24.2. The van der Waals surface area contributed by atoms with E-state index in [1.54, 1.807) is 0 Å². The minimum absolute atomic E-state index is 0.0300. The maximum Gasteiger partial charge on any atom is 0.140 e. The number of aliphatic hydroxyl groups is 2. The van der Waals surface area contributed by atoms with Crippen LogP contribution in [0.1, 0.15) is 24.5 Å². The fraction of sp³-hybridized carbons (Fsp3) is 0.409. The number of benzene rings is 1. The van der Waals surface area contributed by atoms with Crippen LogP contribution in [0.25, 0.3) is 22.2 Å². The zero-order chi connectivity index (χ0) is 19.8. The largest absolute Gasteiger partial charge is 0.491 e. The second kappa shape index (κ2) is 7.67. The Morgan fingerprint density at radius 1 is 1.21 bits per heavy atom. The predicted octanol–water partition coefficient (Wildman–Crippen LogP) is 2.52. The minimum atomic E-state index is -0.530. The van der Waals surface area contributed by atoms with Crippen LogP contribution >= 0.6 is 0 Å². The lowest BCUT2D eigenvalue weighted by molar-refractivity contribution is 0.0140. The van der Waals surface area contributed by atoms with E-state index >= 15 is 0 Å². The number of hydrogen-bond acceptors (Lipinski definition) is 6. The lowest BCUT2D eigenvalue weighted by Gasteiger charge is -2.36. The van der Waals surface area contributed by atoms with Crippen molar-refractivity contribution >= 4 is 16.9 Å². The molecule has 1 saturated heterocycles. The molecule has 0 bridgehead atoms. The second-order valence-electron chi connectivity index (χ2n) is 7.76. The van der Waals surface area contributed by atoms with Crippen molar-refractivity contribution in [3.05, 3.63) is 42.1 Å². The molecule has 5 rings (SSSR count). The van der Waals surface area contributed by atoms with Gasteiger partial charge in [0.25, 0.3) is 0 Å². The second-order valence-corrected chi connectivity index (χ2v) is 7.76. The predicted molar refractivity (Wildman–Crippen MR) is 112 cm³/mol. The standard InChI is InChI=1S/C22H26N4O3/c27-10-7-23-20-12-17(15-5-6-24-22(15)25-20)14-3-4-16-19(11-14)29-13-18(21(16)28)26-8-1-2-9-26/h3-6,11-12,18,21,27-28H,1-2,7-10,13H2,(H2,23,24,25)/t18-,21-/m1/s1. The van der Waals surface area contributed by atoms with E-state index in [4.69, 9.17) is 9.84 Å². The fourth-order valence-electron chi connectivity index (χ4n) is 4.47. The highest BCUT2D eigenvalue weighted by Crippen LogP contribution is 2.39.